The molecule has 1 aromatic rings. The van der Waals surface area contributed by atoms with Crippen LogP contribution in [-0.2, 0) is 11.0 Å². The van der Waals surface area contributed by atoms with Crippen LogP contribution in [0.1, 0.15) is 44.9 Å². The third-order valence-electron chi connectivity index (χ3n) is 4.61. The zero-order valence-corrected chi connectivity index (χ0v) is 15.0. The third-order valence-corrected chi connectivity index (χ3v) is 4.92. The summed E-state index contributed by atoms with van der Waals surface area (Å²) in [6, 6.07) is 2.55. The standard InChI is InChI=1S/C18H18ClF3N2O/c1-9(2)5-12-14(17(12,3)4)16(25)11(7-23)15-13(19)6-10(8-24-15)18(20,21)22/h5-6,8,11-12,14H,1-4H3/t11-,12-,14-/m1/s1. The molecule has 0 aliphatic heterocycles. The molecule has 0 aromatic carbocycles. The number of nitriles is 1. The largest absolute Gasteiger partial charge is 0.417 e. The minimum absolute atomic E-state index is 0.00549. The number of carbonyl (C=O) groups is 1. The van der Waals surface area contributed by atoms with E-state index in [1.54, 1.807) is 0 Å². The fourth-order valence-corrected chi connectivity index (χ4v) is 3.42. The summed E-state index contributed by atoms with van der Waals surface area (Å²) in [6.07, 6.45) is -2.00. The molecular formula is C18H18ClF3N2O. The van der Waals surface area contributed by atoms with Gasteiger partial charge in [0, 0.05) is 12.1 Å². The lowest BCUT2D eigenvalue weighted by Gasteiger charge is -2.13. The van der Waals surface area contributed by atoms with Crippen molar-refractivity contribution in [2.24, 2.45) is 17.3 Å². The van der Waals surface area contributed by atoms with Gasteiger partial charge in [-0.15, -0.1) is 0 Å². The molecule has 0 amide bonds. The lowest BCUT2D eigenvalue weighted by Crippen LogP contribution is -2.18. The van der Waals surface area contributed by atoms with Gasteiger partial charge in [0.15, 0.2) is 5.78 Å². The van der Waals surface area contributed by atoms with Crippen LogP contribution in [0, 0.1) is 28.6 Å². The number of ketones is 1. The molecule has 0 bridgehead atoms. The molecule has 1 heterocycles. The van der Waals surface area contributed by atoms with Gasteiger partial charge in [-0.25, -0.2) is 0 Å². The second-order valence-electron chi connectivity index (χ2n) is 7.12. The normalized spacial score (nSPS) is 22.7. The van der Waals surface area contributed by atoms with Gasteiger partial charge in [0.1, 0.15) is 5.92 Å². The van der Waals surface area contributed by atoms with Crippen LogP contribution in [0.5, 0.6) is 0 Å². The van der Waals surface area contributed by atoms with Crippen molar-refractivity contribution < 1.29 is 18.0 Å². The van der Waals surface area contributed by atoms with E-state index in [4.69, 9.17) is 11.6 Å². The fraction of sp³-hybridized carbons (Fsp3) is 0.500. The average molecular weight is 371 g/mol. The number of aromatic nitrogens is 1. The zero-order valence-electron chi connectivity index (χ0n) is 14.3. The number of carbonyl (C=O) groups excluding carboxylic acids is 1. The van der Waals surface area contributed by atoms with Crippen LogP contribution >= 0.6 is 11.6 Å². The summed E-state index contributed by atoms with van der Waals surface area (Å²) >= 11 is 5.89. The molecule has 1 fully saturated rings. The van der Waals surface area contributed by atoms with Gasteiger partial charge in [-0.2, -0.15) is 18.4 Å². The molecule has 0 N–H and O–H groups in total. The van der Waals surface area contributed by atoms with Crippen LogP contribution < -0.4 is 0 Å². The van der Waals surface area contributed by atoms with Crippen molar-refractivity contribution in [1.82, 2.24) is 4.98 Å². The molecule has 3 atom stereocenters. The topological polar surface area (TPSA) is 53.8 Å². The molecule has 0 radical (unpaired) electrons. The molecule has 1 aromatic heterocycles. The van der Waals surface area contributed by atoms with Crippen molar-refractivity contribution in [3.05, 3.63) is 40.2 Å². The van der Waals surface area contributed by atoms with Crippen molar-refractivity contribution in [3.63, 3.8) is 0 Å². The van der Waals surface area contributed by atoms with Gasteiger partial charge in [0.25, 0.3) is 0 Å². The van der Waals surface area contributed by atoms with Crippen LogP contribution in [0.4, 0.5) is 13.2 Å². The summed E-state index contributed by atoms with van der Waals surface area (Å²) in [5.74, 6) is -2.03. The zero-order chi connectivity index (χ0) is 19.2. The Kier molecular flexibility index (Phi) is 5.02. The molecule has 0 saturated heterocycles. The quantitative estimate of drug-likeness (QED) is 0.687. The maximum Gasteiger partial charge on any atom is 0.417 e. The average Bonchev–Trinajstić information content (AvgIpc) is 3.00. The van der Waals surface area contributed by atoms with Gasteiger partial charge < -0.3 is 0 Å². The van der Waals surface area contributed by atoms with E-state index >= 15 is 0 Å². The number of alkyl halides is 3. The van der Waals surface area contributed by atoms with Gasteiger partial charge in [0.2, 0.25) is 0 Å². The first kappa shape index (κ1) is 19.5. The Bertz CT molecular complexity index is 774. The number of halogens is 4. The van der Waals surface area contributed by atoms with Gasteiger partial charge >= 0.3 is 6.18 Å². The maximum absolute atomic E-state index is 12.8. The summed E-state index contributed by atoms with van der Waals surface area (Å²) in [7, 11) is 0. The number of Topliss-reactive ketones (excluding diaryl/α,β-unsaturated/α-hetero) is 1. The summed E-state index contributed by atoms with van der Waals surface area (Å²) < 4.78 is 38.2. The smallest absolute Gasteiger partial charge is 0.297 e. The Labute approximate surface area is 149 Å². The SMILES string of the molecule is CC(C)=C[C@@H]1[C@H](C(=O)[C@H](C#N)c2ncc(C(F)(F)F)cc2Cl)C1(C)C. The highest BCUT2D eigenvalue weighted by molar-refractivity contribution is 6.31. The molecule has 1 aliphatic carbocycles. The summed E-state index contributed by atoms with van der Waals surface area (Å²) in [4.78, 5) is 16.5. The first-order valence-electron chi connectivity index (χ1n) is 7.72. The van der Waals surface area contributed by atoms with E-state index in [1.165, 1.54) is 0 Å². The Morgan fingerprint density at radius 2 is 2.04 bits per heavy atom. The molecule has 1 saturated carbocycles. The molecule has 7 heteroatoms. The van der Waals surface area contributed by atoms with Crippen molar-refractivity contribution in [2.75, 3.05) is 0 Å². The van der Waals surface area contributed by atoms with Crippen molar-refractivity contribution in [3.8, 4) is 6.07 Å². The first-order chi connectivity index (χ1) is 11.4. The number of allylic oxidation sites excluding steroid dienone is 2. The van der Waals surface area contributed by atoms with Gasteiger partial charge in [-0.05, 0) is 31.2 Å². The van der Waals surface area contributed by atoms with Crippen molar-refractivity contribution >= 4 is 17.4 Å². The third kappa shape index (κ3) is 3.72. The summed E-state index contributed by atoms with van der Waals surface area (Å²) in [5, 5.41) is 9.08. The van der Waals surface area contributed by atoms with E-state index < -0.39 is 17.7 Å². The molecule has 1 aliphatic rings. The van der Waals surface area contributed by atoms with Gasteiger partial charge in [0.05, 0.1) is 22.3 Å². The molecule has 0 spiro atoms. The van der Waals surface area contributed by atoms with Crippen molar-refractivity contribution in [1.29, 1.82) is 5.26 Å². The van der Waals surface area contributed by atoms with Crippen LogP contribution in [-0.4, -0.2) is 10.8 Å². The lowest BCUT2D eigenvalue weighted by atomic mass is 9.94. The first-order valence-corrected chi connectivity index (χ1v) is 8.10. The summed E-state index contributed by atoms with van der Waals surface area (Å²) in [5.41, 5.74) is -0.380. The molecule has 0 unspecified atom stereocenters. The van der Waals surface area contributed by atoms with Gasteiger partial charge in [-0.1, -0.05) is 37.1 Å². The number of pyridine rings is 1. The van der Waals surface area contributed by atoms with E-state index in [0.717, 1.165) is 5.57 Å². The van der Waals surface area contributed by atoms with Crippen LogP contribution in [0.25, 0.3) is 0 Å². The van der Waals surface area contributed by atoms with Crippen molar-refractivity contribution in [2.45, 2.75) is 39.8 Å². The minimum atomic E-state index is -4.59. The molecule has 2 rings (SSSR count). The van der Waals surface area contributed by atoms with Crippen LogP contribution in [0.3, 0.4) is 0 Å². The second-order valence-corrected chi connectivity index (χ2v) is 7.53. The highest BCUT2D eigenvalue weighted by Crippen LogP contribution is 2.61. The van der Waals surface area contributed by atoms with Crippen LogP contribution in [0.2, 0.25) is 5.02 Å². The van der Waals surface area contributed by atoms with Gasteiger partial charge in [-0.3, -0.25) is 9.78 Å². The van der Waals surface area contributed by atoms with E-state index in [9.17, 15) is 23.2 Å². The second kappa shape index (κ2) is 6.45. The number of rotatable bonds is 4. The highest BCUT2D eigenvalue weighted by Gasteiger charge is 2.61. The molecule has 25 heavy (non-hydrogen) atoms. The highest BCUT2D eigenvalue weighted by atomic mass is 35.5. The summed E-state index contributed by atoms with van der Waals surface area (Å²) in [6.45, 7) is 7.70. The van der Waals surface area contributed by atoms with E-state index in [-0.39, 0.29) is 33.8 Å². The van der Waals surface area contributed by atoms with E-state index in [0.29, 0.717) is 12.3 Å². The van der Waals surface area contributed by atoms with E-state index in [2.05, 4.69) is 4.98 Å². The lowest BCUT2D eigenvalue weighted by molar-refractivity contribution is -0.137. The predicted molar refractivity (Wildman–Crippen MR) is 87.8 cm³/mol. The number of hydrogen-bond donors (Lipinski definition) is 0. The monoisotopic (exact) mass is 370 g/mol. The maximum atomic E-state index is 12.8. The number of nitrogens with zero attached hydrogens (tertiary/aromatic N) is 2. The Hall–Kier alpha value is -1.87. The van der Waals surface area contributed by atoms with E-state index in [1.807, 2.05) is 39.8 Å². The molecular weight excluding hydrogens is 353 g/mol. The molecule has 134 valence electrons. The Morgan fingerprint density at radius 1 is 1.44 bits per heavy atom. The predicted octanol–water partition coefficient (Wildman–Crippen LogP) is 5.17. The Morgan fingerprint density at radius 3 is 2.48 bits per heavy atom. The Balaban J connectivity index is 2.34. The van der Waals surface area contributed by atoms with Crippen LogP contribution in [0.15, 0.2) is 23.9 Å². The molecule has 3 nitrogen and oxygen atoms in total. The fourth-order valence-electron chi connectivity index (χ4n) is 3.15. The number of hydrogen-bond acceptors (Lipinski definition) is 3. The minimum Gasteiger partial charge on any atom is -0.297 e.